The highest BCUT2D eigenvalue weighted by Gasteiger charge is 2.35. The zero-order valence-electron chi connectivity index (χ0n) is 24.4. The lowest BCUT2D eigenvalue weighted by Gasteiger charge is -2.40. The van der Waals surface area contributed by atoms with E-state index in [1.165, 1.54) is 19.2 Å². The van der Waals surface area contributed by atoms with Crippen LogP contribution >= 0.6 is 0 Å². The molecule has 228 valence electrons. The molecule has 1 heterocycles. The number of nitrogens with zero attached hydrogens (tertiary/aromatic N) is 2. The van der Waals surface area contributed by atoms with E-state index in [4.69, 9.17) is 10.5 Å². The average Bonchev–Trinajstić information content (AvgIpc) is 2.96. The number of amides is 3. The normalized spacial score (nSPS) is 22.9. The van der Waals surface area contributed by atoms with Crippen molar-refractivity contribution in [1.82, 2.24) is 15.1 Å². The molecule has 1 aromatic rings. The second kappa shape index (κ2) is 14.3. The number of allylic oxidation sites excluding steroid dienone is 1. The molecule has 1 aromatic carbocycles. The van der Waals surface area contributed by atoms with E-state index in [1.807, 2.05) is 14.0 Å². The summed E-state index contributed by atoms with van der Waals surface area (Å²) in [6.07, 6.45) is -1.38. The summed E-state index contributed by atoms with van der Waals surface area (Å²) in [5, 5.41) is 5.30. The van der Waals surface area contributed by atoms with Gasteiger partial charge in [0.15, 0.2) is 0 Å². The van der Waals surface area contributed by atoms with Gasteiger partial charge in [-0.3, -0.25) is 14.4 Å². The number of anilines is 1. The Morgan fingerprint density at radius 3 is 2.32 bits per heavy atom. The summed E-state index contributed by atoms with van der Waals surface area (Å²) in [4.78, 5) is 43.0. The lowest BCUT2D eigenvalue weighted by molar-refractivity contribution is -0.141. The quantitative estimate of drug-likeness (QED) is 0.413. The predicted octanol–water partition coefficient (Wildman–Crippen LogP) is 3.22. The van der Waals surface area contributed by atoms with Gasteiger partial charge in [0, 0.05) is 38.7 Å². The van der Waals surface area contributed by atoms with Gasteiger partial charge in [0.2, 0.25) is 17.7 Å². The minimum atomic E-state index is -1.67. The smallest absolute Gasteiger partial charge is 0.269 e. The average molecular weight is 582 g/mol. The summed E-state index contributed by atoms with van der Waals surface area (Å²) in [5.41, 5.74) is 6.57. The number of nitrogens with two attached hydrogens (primary N) is 1. The van der Waals surface area contributed by atoms with Gasteiger partial charge in [-0.1, -0.05) is 13.0 Å². The first kappa shape index (κ1) is 32.6. The molecular weight excluding hydrogens is 539 g/mol. The zero-order chi connectivity index (χ0) is 30.4. The van der Waals surface area contributed by atoms with Gasteiger partial charge in [-0.25, -0.2) is 4.39 Å². The van der Waals surface area contributed by atoms with Gasteiger partial charge in [-0.2, -0.15) is 8.78 Å². The van der Waals surface area contributed by atoms with Crippen LogP contribution in [0.1, 0.15) is 57.9 Å². The molecule has 12 heteroatoms. The summed E-state index contributed by atoms with van der Waals surface area (Å²) in [5.74, 6) is -2.94. The molecule has 9 nitrogen and oxygen atoms in total. The molecule has 0 spiro atoms. The van der Waals surface area contributed by atoms with Crippen molar-refractivity contribution in [3.8, 4) is 0 Å². The number of halogens is 3. The Balaban J connectivity index is 1.74. The number of carbonyl (C=O) groups excluding carboxylic acids is 3. The van der Waals surface area contributed by atoms with Crippen molar-refractivity contribution in [2.45, 2.75) is 76.6 Å². The molecule has 1 aliphatic carbocycles. The Hall–Kier alpha value is -2.96. The number of hydrogen-bond donors (Lipinski definition) is 3. The zero-order valence-corrected chi connectivity index (χ0v) is 24.4. The molecular formula is C29H42F3N5O4. The monoisotopic (exact) mass is 581 g/mol. The lowest BCUT2D eigenvalue weighted by atomic mass is 9.81. The fourth-order valence-electron chi connectivity index (χ4n) is 5.30. The molecule has 2 fully saturated rings. The van der Waals surface area contributed by atoms with Crippen molar-refractivity contribution in [3.63, 3.8) is 0 Å². The summed E-state index contributed by atoms with van der Waals surface area (Å²) >= 11 is 0. The minimum Gasteiger partial charge on any atom is -0.372 e. The molecule has 0 bridgehead atoms. The van der Waals surface area contributed by atoms with Crippen LogP contribution < -0.4 is 16.4 Å². The molecule has 0 aromatic heterocycles. The van der Waals surface area contributed by atoms with Crippen LogP contribution in [0, 0.1) is 11.7 Å². The van der Waals surface area contributed by atoms with Crippen molar-refractivity contribution in [1.29, 1.82) is 0 Å². The van der Waals surface area contributed by atoms with Crippen LogP contribution in [0.25, 0.3) is 0 Å². The highest BCUT2D eigenvalue weighted by Crippen LogP contribution is 2.33. The number of carbonyl (C=O) groups is 3. The van der Waals surface area contributed by atoms with Crippen LogP contribution in [-0.2, 0) is 19.1 Å². The SMILES string of the molecule is CO[C@@H](C)C(=O)N[C@@H](C(=O)N1CCN(C)[C@H](C)C1)[C@@H](C)c1ccc(NC(=O)[C@@H](N)C2CCC(=C(F)F)CC2)c(F)c1. The molecule has 4 N–H and O–H groups in total. The second-order valence-electron chi connectivity index (χ2n) is 11.2. The van der Waals surface area contributed by atoms with Gasteiger partial charge in [-0.05, 0) is 75.8 Å². The molecule has 0 radical (unpaired) electrons. The molecule has 0 unspecified atom stereocenters. The standard InChI is InChI=1S/C29H42F3N5O4/c1-16-15-37(13-12-36(16)4)29(40)25(35-27(38)18(3)41-5)17(2)21-10-11-23(22(30)14-21)34-28(39)24(33)19-6-8-20(9-7-19)26(31)32/h10-11,14,16-19,24-25H,6-9,12-13,15,33H2,1-5H3,(H,34,39)(H,35,38)/t16-,17+,18+,24+,25-/m1/s1. The molecule has 3 rings (SSSR count). The number of methoxy groups -OCH3 is 1. The second-order valence-corrected chi connectivity index (χ2v) is 11.2. The lowest BCUT2D eigenvalue weighted by Crippen LogP contribution is -2.58. The van der Waals surface area contributed by atoms with Crippen LogP contribution in [-0.4, -0.2) is 85.5 Å². The van der Waals surface area contributed by atoms with Crippen LogP contribution in [0.2, 0.25) is 0 Å². The Morgan fingerprint density at radius 2 is 1.76 bits per heavy atom. The van der Waals surface area contributed by atoms with Gasteiger partial charge < -0.3 is 30.9 Å². The van der Waals surface area contributed by atoms with Crippen molar-refractivity contribution in [2.75, 3.05) is 39.1 Å². The molecule has 1 saturated heterocycles. The highest BCUT2D eigenvalue weighted by molar-refractivity contribution is 5.95. The predicted molar refractivity (Wildman–Crippen MR) is 150 cm³/mol. The van der Waals surface area contributed by atoms with Crippen molar-refractivity contribution in [2.24, 2.45) is 11.7 Å². The van der Waals surface area contributed by atoms with Gasteiger partial charge in [0.05, 0.1) is 11.7 Å². The Morgan fingerprint density at radius 1 is 1.10 bits per heavy atom. The van der Waals surface area contributed by atoms with E-state index in [9.17, 15) is 23.2 Å². The van der Waals surface area contributed by atoms with E-state index in [0.29, 0.717) is 38.0 Å². The van der Waals surface area contributed by atoms with E-state index in [0.717, 1.165) is 0 Å². The van der Waals surface area contributed by atoms with Gasteiger partial charge in [-0.15, -0.1) is 0 Å². The van der Waals surface area contributed by atoms with E-state index < -0.39 is 47.8 Å². The van der Waals surface area contributed by atoms with Crippen LogP contribution in [0.3, 0.4) is 0 Å². The summed E-state index contributed by atoms with van der Waals surface area (Å²) in [6, 6.07) is 2.42. The van der Waals surface area contributed by atoms with E-state index >= 15 is 4.39 Å². The first-order valence-electron chi connectivity index (χ1n) is 14.0. The maximum Gasteiger partial charge on any atom is 0.269 e. The van der Waals surface area contributed by atoms with E-state index in [-0.39, 0.29) is 42.0 Å². The number of benzene rings is 1. The van der Waals surface area contributed by atoms with Crippen LogP contribution in [0.4, 0.5) is 18.9 Å². The topological polar surface area (TPSA) is 117 Å². The fraction of sp³-hybridized carbons (Fsp3) is 0.621. The molecule has 2 aliphatic rings. The summed E-state index contributed by atoms with van der Waals surface area (Å²) in [7, 11) is 3.38. The summed E-state index contributed by atoms with van der Waals surface area (Å²) in [6.45, 7) is 7.00. The number of piperazine rings is 1. The van der Waals surface area contributed by atoms with Gasteiger partial charge in [0.1, 0.15) is 18.0 Å². The first-order chi connectivity index (χ1) is 19.3. The molecule has 41 heavy (non-hydrogen) atoms. The first-order valence-corrected chi connectivity index (χ1v) is 14.0. The maximum absolute atomic E-state index is 15.2. The largest absolute Gasteiger partial charge is 0.372 e. The number of nitrogens with one attached hydrogen (secondary N) is 2. The van der Waals surface area contributed by atoms with E-state index in [2.05, 4.69) is 15.5 Å². The van der Waals surface area contributed by atoms with Crippen molar-refractivity contribution >= 4 is 23.4 Å². The van der Waals surface area contributed by atoms with Gasteiger partial charge in [0.25, 0.3) is 6.08 Å². The molecule has 1 aliphatic heterocycles. The number of likely N-dealkylation sites (N-methyl/N-ethyl adjacent to an activating group) is 1. The molecule has 5 atom stereocenters. The number of hydrogen-bond acceptors (Lipinski definition) is 6. The third kappa shape index (κ3) is 8.08. The minimum absolute atomic E-state index is 0.0830. The van der Waals surface area contributed by atoms with Crippen molar-refractivity contribution < 1.29 is 32.3 Å². The van der Waals surface area contributed by atoms with Crippen LogP contribution in [0.5, 0.6) is 0 Å². The van der Waals surface area contributed by atoms with Crippen molar-refractivity contribution in [3.05, 3.63) is 41.2 Å². The van der Waals surface area contributed by atoms with Crippen LogP contribution in [0.15, 0.2) is 29.9 Å². The Kier molecular flexibility index (Phi) is 11.3. The maximum atomic E-state index is 15.2. The molecule has 3 amide bonds. The van der Waals surface area contributed by atoms with Gasteiger partial charge >= 0.3 is 0 Å². The Labute approximate surface area is 239 Å². The third-order valence-electron chi connectivity index (χ3n) is 8.55. The number of ether oxygens (including phenoxy) is 1. The third-order valence-corrected chi connectivity index (χ3v) is 8.55. The summed E-state index contributed by atoms with van der Waals surface area (Å²) < 4.78 is 46.0. The van der Waals surface area contributed by atoms with E-state index in [1.54, 1.807) is 24.8 Å². The molecule has 1 saturated carbocycles. The number of rotatable bonds is 9. The fourth-order valence-corrected chi connectivity index (χ4v) is 5.30. The Bertz CT molecular complexity index is 1140. The highest BCUT2D eigenvalue weighted by atomic mass is 19.3.